The van der Waals surface area contributed by atoms with Crippen LogP contribution in [0.15, 0.2) is 78.0 Å². The molecule has 0 saturated carbocycles. The number of aromatic nitrogens is 1. The van der Waals surface area contributed by atoms with Crippen LogP contribution >= 0.6 is 0 Å². The lowest BCUT2D eigenvalue weighted by molar-refractivity contribution is 0.0953. The van der Waals surface area contributed by atoms with Crippen LogP contribution in [-0.2, 0) is 16.4 Å². The molecule has 0 saturated heterocycles. The monoisotopic (exact) mass is 454 g/mol. The molecule has 3 aromatic rings. The second kappa shape index (κ2) is 11.3. The summed E-state index contributed by atoms with van der Waals surface area (Å²) in [4.78, 5) is 16.8. The van der Waals surface area contributed by atoms with Crippen LogP contribution in [0.25, 0.3) is 0 Å². The Morgan fingerprint density at radius 3 is 2.44 bits per heavy atom. The lowest BCUT2D eigenvalue weighted by Crippen LogP contribution is -2.26. The second-order valence-electron chi connectivity index (χ2n) is 6.98. The molecule has 1 N–H and O–H groups in total. The largest absolute Gasteiger partial charge is 0.490 e. The zero-order chi connectivity index (χ0) is 22.8. The minimum absolute atomic E-state index is 0.0384. The molecule has 0 bridgehead atoms. The molecule has 0 aliphatic carbocycles. The van der Waals surface area contributed by atoms with E-state index < -0.39 is 9.84 Å². The quantitative estimate of drug-likeness (QED) is 0.445. The number of hydrogen-bond acceptors (Lipinski definition) is 6. The lowest BCUT2D eigenvalue weighted by Gasteiger charge is -2.13. The maximum atomic E-state index is 12.5. The molecule has 8 heteroatoms. The van der Waals surface area contributed by atoms with Crippen molar-refractivity contribution in [3.63, 3.8) is 0 Å². The van der Waals surface area contributed by atoms with Crippen molar-refractivity contribution in [1.82, 2.24) is 10.3 Å². The fourth-order valence-electron chi connectivity index (χ4n) is 2.99. The maximum absolute atomic E-state index is 12.5. The number of nitrogens with one attached hydrogen (secondary N) is 1. The van der Waals surface area contributed by atoms with Crippen molar-refractivity contribution in [2.45, 2.75) is 24.8 Å². The Morgan fingerprint density at radius 1 is 0.969 bits per heavy atom. The Morgan fingerprint density at radius 2 is 1.72 bits per heavy atom. The number of ether oxygens (including phenoxy) is 2. The molecular weight excluding hydrogens is 428 g/mol. The van der Waals surface area contributed by atoms with Gasteiger partial charge in [0.15, 0.2) is 21.3 Å². The highest BCUT2D eigenvalue weighted by Gasteiger charge is 2.15. The lowest BCUT2D eigenvalue weighted by atomic mass is 10.2. The van der Waals surface area contributed by atoms with Gasteiger partial charge in [-0.2, -0.15) is 0 Å². The third-order valence-corrected chi connectivity index (χ3v) is 6.44. The van der Waals surface area contributed by atoms with Crippen molar-refractivity contribution >= 4 is 15.7 Å². The van der Waals surface area contributed by atoms with Crippen LogP contribution in [-0.4, -0.2) is 38.2 Å². The van der Waals surface area contributed by atoms with Crippen LogP contribution in [0, 0.1) is 0 Å². The van der Waals surface area contributed by atoms with Crippen LogP contribution < -0.4 is 14.8 Å². The minimum atomic E-state index is -3.36. The van der Waals surface area contributed by atoms with Gasteiger partial charge in [0.05, 0.1) is 17.3 Å². The zero-order valence-corrected chi connectivity index (χ0v) is 18.7. The van der Waals surface area contributed by atoms with Crippen molar-refractivity contribution in [2.75, 3.05) is 18.9 Å². The fourth-order valence-corrected chi connectivity index (χ4v) is 4.32. The Labute approximate surface area is 188 Å². The van der Waals surface area contributed by atoms with E-state index in [9.17, 15) is 13.2 Å². The summed E-state index contributed by atoms with van der Waals surface area (Å²) in [6, 6.07) is 17.0. The molecule has 0 aliphatic heterocycles. The van der Waals surface area contributed by atoms with Gasteiger partial charge in [-0.3, -0.25) is 9.78 Å². The Hall–Kier alpha value is -3.39. The van der Waals surface area contributed by atoms with Gasteiger partial charge < -0.3 is 14.8 Å². The first-order chi connectivity index (χ1) is 15.5. The smallest absolute Gasteiger partial charge is 0.251 e. The number of sulfone groups is 1. The normalized spacial score (nSPS) is 11.0. The Kier molecular flexibility index (Phi) is 8.21. The van der Waals surface area contributed by atoms with Crippen molar-refractivity contribution in [3.8, 4) is 11.5 Å². The van der Waals surface area contributed by atoms with E-state index >= 15 is 0 Å². The summed E-state index contributed by atoms with van der Waals surface area (Å²) in [7, 11) is -3.36. The predicted molar refractivity (Wildman–Crippen MR) is 122 cm³/mol. The van der Waals surface area contributed by atoms with E-state index in [1.165, 1.54) is 0 Å². The van der Waals surface area contributed by atoms with Gasteiger partial charge in [-0.05, 0) is 61.4 Å². The van der Waals surface area contributed by atoms with Crippen LogP contribution in [0.5, 0.6) is 11.5 Å². The highest BCUT2D eigenvalue weighted by Crippen LogP contribution is 2.29. The third kappa shape index (κ3) is 6.55. The van der Waals surface area contributed by atoms with E-state index in [4.69, 9.17) is 9.47 Å². The molecule has 3 rings (SSSR count). The second-order valence-corrected chi connectivity index (χ2v) is 9.09. The summed E-state index contributed by atoms with van der Waals surface area (Å²) in [6.45, 7) is 2.87. The van der Waals surface area contributed by atoms with Gasteiger partial charge >= 0.3 is 0 Å². The van der Waals surface area contributed by atoms with Gasteiger partial charge in [-0.15, -0.1) is 0 Å². The number of carbonyl (C=O) groups is 1. The molecule has 0 fully saturated rings. The highest BCUT2D eigenvalue weighted by molar-refractivity contribution is 7.91. The van der Waals surface area contributed by atoms with Gasteiger partial charge in [-0.25, -0.2) is 8.42 Å². The maximum Gasteiger partial charge on any atom is 0.251 e. The summed E-state index contributed by atoms with van der Waals surface area (Å²) in [5.41, 5.74) is 1.38. The van der Waals surface area contributed by atoms with Crippen molar-refractivity contribution in [3.05, 3.63) is 84.2 Å². The van der Waals surface area contributed by atoms with E-state index in [1.807, 2.05) is 19.1 Å². The Bertz CT molecular complexity index is 1120. The molecule has 32 heavy (non-hydrogen) atoms. The van der Waals surface area contributed by atoms with Crippen LogP contribution in [0.1, 0.15) is 29.3 Å². The molecule has 0 aliphatic rings. The summed E-state index contributed by atoms with van der Waals surface area (Å²) < 4.78 is 36.1. The molecule has 0 atom stereocenters. The van der Waals surface area contributed by atoms with E-state index in [0.29, 0.717) is 36.7 Å². The topological polar surface area (TPSA) is 94.6 Å². The third-order valence-electron chi connectivity index (χ3n) is 4.63. The first kappa shape index (κ1) is 23.3. The molecule has 2 aromatic carbocycles. The highest BCUT2D eigenvalue weighted by atomic mass is 32.2. The first-order valence-electron chi connectivity index (χ1n) is 10.3. The predicted octanol–water partition coefficient (Wildman–Crippen LogP) is 3.65. The summed E-state index contributed by atoms with van der Waals surface area (Å²) in [5.74, 6) is 0.669. The van der Waals surface area contributed by atoms with Crippen LogP contribution in [0.4, 0.5) is 0 Å². The first-order valence-corrected chi connectivity index (χ1v) is 12.0. The minimum Gasteiger partial charge on any atom is -0.490 e. The van der Waals surface area contributed by atoms with Gasteiger partial charge in [0.2, 0.25) is 0 Å². The van der Waals surface area contributed by atoms with Crippen molar-refractivity contribution in [1.29, 1.82) is 0 Å². The molecule has 1 aromatic heterocycles. The molecule has 0 spiro atoms. The van der Waals surface area contributed by atoms with E-state index in [1.54, 1.807) is 60.9 Å². The summed E-state index contributed by atoms with van der Waals surface area (Å²) in [5, 5.41) is 2.76. The SMILES string of the molecule is CCOc1cc(C(=O)NCCCS(=O)(=O)c2ccccc2)ccc1OCc1ccncc1. The van der Waals surface area contributed by atoms with Gasteiger partial charge in [-0.1, -0.05) is 18.2 Å². The summed E-state index contributed by atoms with van der Waals surface area (Å²) >= 11 is 0. The van der Waals surface area contributed by atoms with Crippen molar-refractivity contribution in [2.24, 2.45) is 0 Å². The van der Waals surface area contributed by atoms with Crippen LogP contribution in [0.2, 0.25) is 0 Å². The molecular formula is C24H26N2O5S. The number of nitrogens with zero attached hydrogens (tertiary/aromatic N) is 1. The molecule has 0 radical (unpaired) electrons. The van der Waals surface area contributed by atoms with E-state index in [-0.39, 0.29) is 23.1 Å². The molecule has 0 unspecified atom stereocenters. The van der Waals surface area contributed by atoms with Crippen molar-refractivity contribution < 1.29 is 22.7 Å². The molecule has 1 heterocycles. The summed E-state index contributed by atoms with van der Waals surface area (Å²) in [6.07, 6.45) is 3.70. The average Bonchev–Trinajstić information content (AvgIpc) is 2.82. The molecule has 7 nitrogen and oxygen atoms in total. The number of pyridine rings is 1. The standard InChI is InChI=1S/C24H26N2O5S/c1-2-30-23-17-20(9-10-22(23)31-18-19-11-14-25-15-12-19)24(27)26-13-6-16-32(28,29)21-7-4-3-5-8-21/h3-5,7-12,14-15,17H,2,6,13,16,18H2,1H3,(H,26,27). The number of carbonyl (C=O) groups excluding carboxylic acids is 1. The van der Waals surface area contributed by atoms with Gasteiger partial charge in [0, 0.05) is 24.5 Å². The van der Waals surface area contributed by atoms with Gasteiger partial charge in [0.1, 0.15) is 6.61 Å². The molecule has 1 amide bonds. The van der Waals surface area contributed by atoms with Gasteiger partial charge in [0.25, 0.3) is 5.91 Å². The number of hydrogen-bond donors (Lipinski definition) is 1. The number of amides is 1. The Balaban J connectivity index is 1.56. The average molecular weight is 455 g/mol. The number of benzene rings is 2. The molecule has 168 valence electrons. The fraction of sp³-hybridized carbons (Fsp3) is 0.250. The zero-order valence-electron chi connectivity index (χ0n) is 17.9. The van der Waals surface area contributed by atoms with Crippen LogP contribution in [0.3, 0.4) is 0 Å². The number of rotatable bonds is 11. The van der Waals surface area contributed by atoms with E-state index in [2.05, 4.69) is 10.3 Å². The van der Waals surface area contributed by atoms with E-state index in [0.717, 1.165) is 5.56 Å².